The summed E-state index contributed by atoms with van der Waals surface area (Å²) in [4.78, 5) is 13.5. The minimum absolute atomic E-state index is 0.0477. The SMILES string of the molecule is COP1(=O)N=C(c2c(O)c(-c3ccsc3)nn(Cc3ccoc3)c2=O)Nc2ccc(NS(C)(=O)=O)cc21. The monoisotopic (exact) mass is 561 g/mol. The lowest BCUT2D eigenvalue weighted by Crippen LogP contribution is -2.35. The number of fused-ring (bicyclic) bond motifs is 1. The number of hydrogen-bond acceptors (Lipinski definition) is 10. The van der Waals surface area contributed by atoms with Crippen molar-refractivity contribution in [3.8, 4) is 17.0 Å². The van der Waals surface area contributed by atoms with Gasteiger partial charge in [-0.3, -0.25) is 14.1 Å². The molecule has 1 aliphatic rings. The number of furan rings is 1. The maximum atomic E-state index is 13.8. The molecule has 0 radical (unpaired) electrons. The molecule has 3 aromatic heterocycles. The maximum absolute atomic E-state index is 13.8. The number of nitrogens with zero attached hydrogens (tertiary/aromatic N) is 3. The number of thiophene rings is 1. The molecule has 0 amide bonds. The quantitative estimate of drug-likeness (QED) is 0.288. The van der Waals surface area contributed by atoms with Crippen molar-refractivity contribution < 1.29 is 27.0 Å². The van der Waals surface area contributed by atoms with Crippen LogP contribution in [0.2, 0.25) is 0 Å². The molecule has 37 heavy (non-hydrogen) atoms. The van der Waals surface area contributed by atoms with Gasteiger partial charge in [-0.25, -0.2) is 13.1 Å². The number of nitrogens with one attached hydrogen (secondary N) is 2. The minimum Gasteiger partial charge on any atom is -0.505 e. The van der Waals surface area contributed by atoms with Crippen LogP contribution in [0.3, 0.4) is 0 Å². The number of amidine groups is 1. The summed E-state index contributed by atoms with van der Waals surface area (Å²) in [6, 6.07) is 7.69. The summed E-state index contributed by atoms with van der Waals surface area (Å²) < 4.78 is 55.1. The molecular weight excluding hydrogens is 541 g/mol. The number of benzene rings is 1. The molecule has 1 aromatic carbocycles. The number of rotatable bonds is 7. The zero-order valence-electron chi connectivity index (χ0n) is 19.4. The number of aromatic nitrogens is 2. The van der Waals surface area contributed by atoms with Crippen molar-refractivity contribution >= 4 is 51.4 Å². The van der Waals surface area contributed by atoms with Crippen LogP contribution in [0.25, 0.3) is 11.3 Å². The zero-order chi connectivity index (χ0) is 26.4. The Morgan fingerprint density at radius 3 is 2.76 bits per heavy atom. The summed E-state index contributed by atoms with van der Waals surface area (Å²) in [5, 5.41) is 22.1. The van der Waals surface area contributed by atoms with E-state index in [0.29, 0.717) is 11.1 Å². The van der Waals surface area contributed by atoms with E-state index < -0.39 is 28.9 Å². The van der Waals surface area contributed by atoms with Crippen LogP contribution in [0.4, 0.5) is 11.4 Å². The predicted molar refractivity (Wildman–Crippen MR) is 141 cm³/mol. The van der Waals surface area contributed by atoms with Crippen LogP contribution in [0.5, 0.6) is 5.75 Å². The Morgan fingerprint density at radius 1 is 1.30 bits per heavy atom. The van der Waals surface area contributed by atoms with E-state index in [-0.39, 0.29) is 40.3 Å². The van der Waals surface area contributed by atoms with Gasteiger partial charge in [0, 0.05) is 29.3 Å². The van der Waals surface area contributed by atoms with Crippen molar-refractivity contribution in [2.24, 2.45) is 4.76 Å². The van der Waals surface area contributed by atoms with Gasteiger partial charge in [0.25, 0.3) is 5.56 Å². The van der Waals surface area contributed by atoms with Crippen LogP contribution in [0.1, 0.15) is 11.1 Å². The van der Waals surface area contributed by atoms with Gasteiger partial charge in [-0.05, 0) is 35.7 Å². The Bertz CT molecular complexity index is 1730. The molecular formula is C22H20N5O7PS2. The average Bonchev–Trinajstić information content (AvgIpc) is 3.55. The molecule has 0 saturated heterocycles. The van der Waals surface area contributed by atoms with E-state index in [2.05, 4.69) is 19.9 Å². The van der Waals surface area contributed by atoms with E-state index in [1.54, 1.807) is 22.9 Å². The fraction of sp³-hybridized carbons (Fsp3) is 0.136. The molecule has 4 heterocycles. The fourth-order valence-corrected chi connectivity index (χ4v) is 6.50. The first kappa shape index (κ1) is 25.0. The molecule has 0 spiro atoms. The summed E-state index contributed by atoms with van der Waals surface area (Å²) in [7, 11) is -6.39. The lowest BCUT2D eigenvalue weighted by atomic mass is 10.1. The van der Waals surface area contributed by atoms with Gasteiger partial charge in [0.2, 0.25) is 10.0 Å². The van der Waals surface area contributed by atoms with Crippen LogP contribution in [0.15, 0.2) is 67.6 Å². The van der Waals surface area contributed by atoms with Crippen LogP contribution < -0.4 is 20.9 Å². The fourth-order valence-electron chi connectivity index (χ4n) is 3.77. The van der Waals surface area contributed by atoms with Gasteiger partial charge < -0.3 is 19.4 Å². The second-order valence-corrected chi connectivity index (χ2v) is 12.7. The van der Waals surface area contributed by atoms with E-state index >= 15 is 0 Å². The van der Waals surface area contributed by atoms with Crippen LogP contribution >= 0.6 is 18.9 Å². The second kappa shape index (κ2) is 9.30. The first-order valence-electron chi connectivity index (χ1n) is 10.6. The highest BCUT2D eigenvalue weighted by atomic mass is 32.2. The number of aromatic hydroxyl groups is 1. The van der Waals surface area contributed by atoms with Crippen LogP contribution in [-0.2, 0) is 25.7 Å². The third-order valence-corrected chi connectivity index (χ3v) is 8.64. The standard InChI is InChI=1S/C22H20N5O7PS2/c1-33-35(30)17-9-15(26-37(2,31)32)3-4-16(17)23-21(25-35)18-20(28)19(14-6-8-36-12-14)24-27(22(18)29)10-13-5-7-34-11-13/h3-9,11-12,26,28H,10H2,1-2H3,(H,23,25,30). The van der Waals surface area contributed by atoms with Gasteiger partial charge in [-0.15, -0.1) is 0 Å². The van der Waals surface area contributed by atoms with E-state index in [0.717, 1.165) is 10.9 Å². The van der Waals surface area contributed by atoms with Gasteiger partial charge in [-0.1, -0.05) is 0 Å². The summed E-state index contributed by atoms with van der Waals surface area (Å²) >= 11 is 1.39. The molecule has 4 aromatic rings. The average molecular weight is 562 g/mol. The molecule has 5 rings (SSSR count). The third-order valence-electron chi connectivity index (χ3n) is 5.41. The second-order valence-electron chi connectivity index (χ2n) is 8.06. The van der Waals surface area contributed by atoms with E-state index in [4.69, 9.17) is 8.94 Å². The Kier molecular flexibility index (Phi) is 6.28. The molecule has 0 bridgehead atoms. The van der Waals surface area contributed by atoms with Crippen LogP contribution in [0, 0.1) is 0 Å². The van der Waals surface area contributed by atoms with Crippen molar-refractivity contribution in [1.29, 1.82) is 0 Å². The highest BCUT2D eigenvalue weighted by Gasteiger charge is 2.36. The molecule has 1 atom stereocenters. The van der Waals surface area contributed by atoms with Crippen molar-refractivity contribution in [3.63, 3.8) is 0 Å². The van der Waals surface area contributed by atoms with Gasteiger partial charge in [0.05, 0.1) is 36.3 Å². The summed E-state index contributed by atoms with van der Waals surface area (Å²) in [5.41, 5.74) is 0.866. The Morgan fingerprint density at radius 2 is 2.11 bits per heavy atom. The molecule has 0 saturated carbocycles. The Hall–Kier alpha value is -3.71. The molecule has 0 fully saturated rings. The van der Waals surface area contributed by atoms with Gasteiger partial charge in [0.1, 0.15) is 11.3 Å². The first-order valence-corrected chi connectivity index (χ1v) is 15.0. The molecule has 192 valence electrons. The third kappa shape index (κ3) is 4.83. The van der Waals surface area contributed by atoms with Crippen molar-refractivity contribution in [3.05, 3.63) is 75.1 Å². The number of anilines is 2. The lowest BCUT2D eigenvalue weighted by molar-refractivity contribution is 0.404. The molecule has 0 aliphatic carbocycles. The molecule has 3 N–H and O–H groups in total. The van der Waals surface area contributed by atoms with Crippen molar-refractivity contribution in [2.75, 3.05) is 23.4 Å². The Labute approximate surface area is 214 Å². The van der Waals surface area contributed by atoms with Gasteiger partial charge in [-0.2, -0.15) is 21.2 Å². The Balaban J connectivity index is 1.68. The van der Waals surface area contributed by atoms with Crippen molar-refractivity contribution in [2.45, 2.75) is 6.54 Å². The predicted octanol–water partition coefficient (Wildman–Crippen LogP) is 3.03. The lowest BCUT2D eigenvalue weighted by Gasteiger charge is -2.25. The highest BCUT2D eigenvalue weighted by molar-refractivity contribution is 7.92. The topological polar surface area (TPSA) is 165 Å². The molecule has 1 unspecified atom stereocenters. The van der Waals surface area contributed by atoms with E-state index in [9.17, 15) is 22.9 Å². The molecule has 1 aliphatic heterocycles. The van der Waals surface area contributed by atoms with Gasteiger partial charge in [0.15, 0.2) is 11.6 Å². The molecule has 12 nitrogen and oxygen atoms in total. The van der Waals surface area contributed by atoms with E-state index in [1.807, 2.05) is 0 Å². The van der Waals surface area contributed by atoms with Crippen LogP contribution in [-0.4, -0.2) is 42.5 Å². The first-order chi connectivity index (χ1) is 17.6. The van der Waals surface area contributed by atoms with E-state index in [1.165, 1.54) is 49.2 Å². The van der Waals surface area contributed by atoms with Crippen molar-refractivity contribution in [1.82, 2.24) is 9.78 Å². The normalized spacial score (nSPS) is 17.1. The molecule has 15 heteroatoms. The highest BCUT2D eigenvalue weighted by Crippen LogP contribution is 2.52. The summed E-state index contributed by atoms with van der Waals surface area (Å²) in [6.45, 7) is 0.0477. The summed E-state index contributed by atoms with van der Waals surface area (Å²) in [6.07, 6.45) is 3.93. The van der Waals surface area contributed by atoms with Gasteiger partial charge >= 0.3 is 7.52 Å². The minimum atomic E-state index is -3.99. The largest absolute Gasteiger partial charge is 0.505 e. The zero-order valence-corrected chi connectivity index (χ0v) is 21.9. The summed E-state index contributed by atoms with van der Waals surface area (Å²) in [5.74, 6) is -0.622. The smallest absolute Gasteiger partial charge is 0.348 e. The number of hydrogen-bond donors (Lipinski definition) is 3. The number of sulfonamides is 1. The maximum Gasteiger partial charge on any atom is 0.348 e.